The van der Waals surface area contributed by atoms with Crippen molar-refractivity contribution in [2.75, 3.05) is 26.1 Å². The molecule has 12 nitrogen and oxygen atoms in total. The number of nitrogens with zero attached hydrogens (tertiary/aromatic N) is 4. The number of aryl methyl sites for hydroxylation is 1. The molecule has 0 amide bonds. The van der Waals surface area contributed by atoms with E-state index in [1.807, 2.05) is 0 Å². The van der Waals surface area contributed by atoms with Crippen LogP contribution in [-0.2, 0) is 36.3 Å². The number of aromatic nitrogens is 4. The molecule has 4 aromatic rings. The molecule has 0 fully saturated rings. The van der Waals surface area contributed by atoms with Gasteiger partial charge in [0.05, 0.1) is 25.1 Å². The Morgan fingerprint density at radius 1 is 0.839 bits per heavy atom. The third kappa shape index (κ3) is 18.4. The number of benzene rings is 2. The standard InChI is InChI=1S/C46H68F3N6O6P/c1-4-5-6-7-8-9-10-11-12-13-14-15-16-17-18-19-20-24-29-59-44(56)40(32-36-30-37(47)33-38(48)31-36)54-62(57,61-39-25-22-21-23-26-39)60-34-46(2,58-3)27-28-55-35-51-41-42(50)52-45(49)53-43(41)55/h21-23,25-26,30-31,33,35,40H,4-20,24,27-29,32,34H2,1-3H3,(H,54,57)(H2,50,52,53)/t40-,46-,62?/m0/s1. The maximum Gasteiger partial charge on any atom is 0.459 e. The van der Waals surface area contributed by atoms with E-state index in [0.29, 0.717) is 6.42 Å². The van der Waals surface area contributed by atoms with Gasteiger partial charge in [-0.05, 0) is 56.0 Å². The van der Waals surface area contributed by atoms with Gasteiger partial charge in [0.1, 0.15) is 28.9 Å². The number of methoxy groups -OCH3 is 1. The fourth-order valence-electron chi connectivity index (χ4n) is 7.24. The number of nitrogens with two attached hydrogens (primary N) is 1. The Morgan fingerprint density at radius 3 is 1.97 bits per heavy atom. The average Bonchev–Trinajstić information content (AvgIpc) is 3.65. The van der Waals surface area contributed by atoms with Crippen LogP contribution in [0, 0.1) is 17.7 Å². The smallest absolute Gasteiger partial charge is 0.459 e. The predicted molar refractivity (Wildman–Crippen MR) is 237 cm³/mol. The first-order valence-corrected chi connectivity index (χ1v) is 24.0. The Labute approximate surface area is 365 Å². The number of ether oxygens (including phenoxy) is 2. The minimum absolute atomic E-state index is 0.0985. The van der Waals surface area contributed by atoms with Gasteiger partial charge in [0.25, 0.3) is 0 Å². The van der Waals surface area contributed by atoms with Crippen molar-refractivity contribution in [1.29, 1.82) is 0 Å². The summed E-state index contributed by atoms with van der Waals surface area (Å²) in [4.78, 5) is 25.2. The quantitative estimate of drug-likeness (QED) is 0.0203. The lowest BCUT2D eigenvalue weighted by Crippen LogP contribution is -2.41. The van der Waals surface area contributed by atoms with Gasteiger partial charge in [-0.15, -0.1) is 0 Å². The lowest BCUT2D eigenvalue weighted by molar-refractivity contribution is -0.146. The van der Waals surface area contributed by atoms with Gasteiger partial charge in [0.15, 0.2) is 11.5 Å². The highest BCUT2D eigenvalue weighted by Gasteiger charge is 2.38. The normalized spacial score (nSPS) is 14.1. The summed E-state index contributed by atoms with van der Waals surface area (Å²) in [6.45, 7) is 3.99. The van der Waals surface area contributed by atoms with Crippen LogP contribution in [0.3, 0.4) is 0 Å². The Hall–Kier alpha value is -4.04. The molecule has 3 atom stereocenters. The molecular weight excluding hydrogens is 821 g/mol. The number of unbranched alkanes of at least 4 members (excludes halogenated alkanes) is 17. The van der Waals surface area contributed by atoms with E-state index in [1.54, 1.807) is 41.8 Å². The van der Waals surface area contributed by atoms with E-state index in [9.17, 15) is 22.5 Å². The zero-order chi connectivity index (χ0) is 44.6. The lowest BCUT2D eigenvalue weighted by atomic mass is 10.0. The molecular formula is C46H68F3N6O6P. The summed E-state index contributed by atoms with van der Waals surface area (Å²) in [5.41, 5.74) is 5.27. The van der Waals surface area contributed by atoms with E-state index >= 15 is 0 Å². The van der Waals surface area contributed by atoms with Gasteiger partial charge in [-0.25, -0.2) is 18.3 Å². The largest absolute Gasteiger partial charge is 0.465 e. The van der Waals surface area contributed by atoms with Crippen molar-refractivity contribution in [3.8, 4) is 5.75 Å². The summed E-state index contributed by atoms with van der Waals surface area (Å²) in [5, 5.41) is 2.73. The summed E-state index contributed by atoms with van der Waals surface area (Å²) in [6.07, 6.45) is 22.6. The Bertz CT molecular complexity index is 1940. The summed E-state index contributed by atoms with van der Waals surface area (Å²) >= 11 is 0. The number of imidazole rings is 1. The average molecular weight is 889 g/mol. The Kier molecular flexibility index (Phi) is 22.2. The van der Waals surface area contributed by atoms with Crippen molar-refractivity contribution < 1.29 is 41.1 Å². The summed E-state index contributed by atoms with van der Waals surface area (Å²) < 4.78 is 82.2. The number of rotatable bonds is 33. The zero-order valence-electron chi connectivity index (χ0n) is 36.9. The number of anilines is 1. The van der Waals surface area contributed by atoms with Gasteiger partial charge >= 0.3 is 19.8 Å². The molecule has 2 heterocycles. The molecule has 0 saturated heterocycles. The number of fused-ring (bicyclic) bond motifs is 1. The minimum Gasteiger partial charge on any atom is -0.465 e. The van der Waals surface area contributed by atoms with Crippen LogP contribution in [0.15, 0.2) is 54.9 Å². The van der Waals surface area contributed by atoms with Gasteiger partial charge in [0, 0.05) is 19.7 Å². The third-order valence-electron chi connectivity index (χ3n) is 11.0. The van der Waals surface area contributed by atoms with Crippen molar-refractivity contribution in [2.24, 2.45) is 0 Å². The van der Waals surface area contributed by atoms with E-state index < -0.39 is 43.1 Å². The zero-order valence-corrected chi connectivity index (χ0v) is 37.8. The molecule has 0 spiro atoms. The SMILES string of the molecule is CCCCCCCCCCCCCCCCCCCCOC(=O)[C@H](Cc1cc(F)cc(F)c1)NP(=O)(OC[C@](C)(CCn1cnc2c(N)nc(F)nc21)OC)Oc1ccccc1. The number of nitrogens with one attached hydrogen (secondary N) is 1. The molecule has 344 valence electrons. The van der Waals surface area contributed by atoms with Crippen molar-refractivity contribution >= 4 is 30.7 Å². The van der Waals surface area contributed by atoms with Crippen molar-refractivity contribution in [2.45, 2.75) is 160 Å². The predicted octanol–water partition coefficient (Wildman–Crippen LogP) is 11.6. The molecule has 0 radical (unpaired) electrons. The second kappa shape index (κ2) is 27.2. The molecule has 0 bridgehead atoms. The monoisotopic (exact) mass is 888 g/mol. The fraction of sp³-hybridized carbons (Fsp3) is 0.609. The van der Waals surface area contributed by atoms with E-state index in [-0.39, 0.29) is 60.9 Å². The number of hydrogen-bond acceptors (Lipinski definition) is 10. The molecule has 0 aliphatic carbocycles. The number of carbonyl (C=O) groups is 1. The molecule has 3 N–H and O–H groups in total. The highest BCUT2D eigenvalue weighted by atomic mass is 31.2. The number of carbonyl (C=O) groups excluding carboxylic acids is 1. The number of hydrogen-bond donors (Lipinski definition) is 2. The second-order valence-corrected chi connectivity index (χ2v) is 18.1. The summed E-state index contributed by atoms with van der Waals surface area (Å²) in [6, 6.07) is 9.77. The number of nitrogen functional groups attached to an aromatic ring is 1. The minimum atomic E-state index is -4.46. The fourth-order valence-corrected chi connectivity index (χ4v) is 8.84. The first-order valence-electron chi connectivity index (χ1n) is 22.5. The van der Waals surface area contributed by atoms with Gasteiger partial charge in [0.2, 0.25) is 0 Å². The molecule has 4 rings (SSSR count). The lowest BCUT2D eigenvalue weighted by Gasteiger charge is -2.31. The van der Waals surface area contributed by atoms with Crippen LogP contribution >= 0.6 is 7.75 Å². The van der Waals surface area contributed by atoms with Gasteiger partial charge < -0.3 is 24.3 Å². The second-order valence-electron chi connectivity index (χ2n) is 16.4. The molecule has 16 heteroatoms. The Balaban J connectivity index is 1.29. The summed E-state index contributed by atoms with van der Waals surface area (Å²) in [7, 11) is -3.01. The van der Waals surface area contributed by atoms with E-state index in [4.69, 9.17) is 24.3 Å². The van der Waals surface area contributed by atoms with E-state index in [0.717, 1.165) is 37.5 Å². The summed E-state index contributed by atoms with van der Waals surface area (Å²) in [5.74, 6) is -2.36. The van der Waals surface area contributed by atoms with E-state index in [1.165, 1.54) is 103 Å². The molecule has 0 saturated carbocycles. The highest BCUT2D eigenvalue weighted by Crippen LogP contribution is 2.46. The van der Waals surface area contributed by atoms with Crippen LogP contribution < -0.4 is 15.3 Å². The van der Waals surface area contributed by atoms with Crippen LogP contribution in [-0.4, -0.2) is 57.5 Å². The number of para-hydroxylation sites is 1. The Morgan fingerprint density at radius 2 is 1.40 bits per heavy atom. The van der Waals surface area contributed by atoms with Crippen LogP contribution in [0.2, 0.25) is 0 Å². The van der Waals surface area contributed by atoms with Crippen LogP contribution in [0.25, 0.3) is 11.2 Å². The van der Waals surface area contributed by atoms with Crippen LogP contribution in [0.5, 0.6) is 5.75 Å². The highest BCUT2D eigenvalue weighted by molar-refractivity contribution is 7.52. The van der Waals surface area contributed by atoms with Gasteiger partial charge in [-0.1, -0.05) is 134 Å². The van der Waals surface area contributed by atoms with E-state index in [2.05, 4.69) is 27.0 Å². The molecule has 0 aliphatic heterocycles. The topological polar surface area (TPSA) is 153 Å². The molecule has 0 aliphatic rings. The maximum absolute atomic E-state index is 14.7. The first kappa shape index (κ1) is 50.6. The number of esters is 1. The third-order valence-corrected chi connectivity index (χ3v) is 12.6. The molecule has 62 heavy (non-hydrogen) atoms. The maximum atomic E-state index is 14.7. The van der Waals surface area contributed by atoms with Gasteiger partial charge in [-0.2, -0.15) is 19.4 Å². The first-order chi connectivity index (χ1) is 29.9. The van der Waals surface area contributed by atoms with Crippen LogP contribution in [0.1, 0.15) is 141 Å². The van der Waals surface area contributed by atoms with Crippen molar-refractivity contribution in [3.63, 3.8) is 0 Å². The van der Waals surface area contributed by atoms with Crippen molar-refractivity contribution in [1.82, 2.24) is 24.6 Å². The molecule has 2 aromatic carbocycles. The van der Waals surface area contributed by atoms with Gasteiger partial charge in [-0.3, -0.25) is 9.32 Å². The van der Waals surface area contributed by atoms with Crippen LogP contribution in [0.4, 0.5) is 19.0 Å². The van der Waals surface area contributed by atoms with Crippen molar-refractivity contribution in [3.05, 3.63) is 78.1 Å². The molecule has 2 aromatic heterocycles. The number of halogens is 3. The molecule has 1 unspecified atom stereocenters.